The highest BCUT2D eigenvalue weighted by atomic mass is 19.1. The summed E-state index contributed by atoms with van der Waals surface area (Å²) in [5.74, 6) is -0.263. The first-order valence-electron chi connectivity index (χ1n) is 9.15. The lowest BCUT2D eigenvalue weighted by molar-refractivity contribution is 0.0946. The molecule has 0 bridgehead atoms. The Morgan fingerprint density at radius 3 is 2.81 bits per heavy atom. The molecule has 0 saturated carbocycles. The monoisotopic (exact) mass is 368 g/mol. The van der Waals surface area contributed by atoms with Gasteiger partial charge in [0.1, 0.15) is 17.2 Å². The molecule has 1 aromatic heterocycles. The van der Waals surface area contributed by atoms with Crippen LogP contribution in [0.15, 0.2) is 40.8 Å². The first-order chi connectivity index (χ1) is 13.2. The summed E-state index contributed by atoms with van der Waals surface area (Å²) < 4.78 is 19.4. The van der Waals surface area contributed by atoms with Crippen molar-refractivity contribution in [1.29, 1.82) is 0 Å². The van der Waals surface area contributed by atoms with Gasteiger partial charge in [-0.15, -0.1) is 0 Å². The number of aliphatic hydroxyl groups excluding tert-OH is 1. The zero-order valence-corrected chi connectivity index (χ0v) is 14.8. The molecular formula is C21H21FN2O3. The summed E-state index contributed by atoms with van der Waals surface area (Å²) in [4.78, 5) is 12.8. The molecule has 3 N–H and O–H groups in total. The zero-order chi connectivity index (χ0) is 18.8. The van der Waals surface area contributed by atoms with E-state index in [0.29, 0.717) is 22.5 Å². The van der Waals surface area contributed by atoms with E-state index in [2.05, 4.69) is 10.6 Å². The van der Waals surface area contributed by atoms with E-state index in [-0.39, 0.29) is 24.9 Å². The van der Waals surface area contributed by atoms with E-state index in [0.717, 1.165) is 42.4 Å². The van der Waals surface area contributed by atoms with Gasteiger partial charge in [-0.1, -0.05) is 0 Å². The summed E-state index contributed by atoms with van der Waals surface area (Å²) in [6, 6.07) is 9.82. The fourth-order valence-corrected chi connectivity index (χ4v) is 3.51. The first kappa shape index (κ1) is 17.5. The number of furan rings is 1. The molecule has 5 nitrogen and oxygen atoms in total. The fraction of sp³-hybridized carbons (Fsp3) is 0.286. The summed E-state index contributed by atoms with van der Waals surface area (Å²) in [6.45, 7) is 0.918. The maximum Gasteiger partial charge on any atom is 0.255 e. The van der Waals surface area contributed by atoms with Gasteiger partial charge in [0.15, 0.2) is 0 Å². The van der Waals surface area contributed by atoms with Gasteiger partial charge in [-0.05, 0) is 55.2 Å². The Morgan fingerprint density at radius 1 is 1.22 bits per heavy atom. The van der Waals surface area contributed by atoms with Gasteiger partial charge < -0.3 is 20.2 Å². The van der Waals surface area contributed by atoms with Gasteiger partial charge in [0, 0.05) is 35.8 Å². The maximum absolute atomic E-state index is 13.3. The number of halogens is 1. The van der Waals surface area contributed by atoms with Crippen molar-refractivity contribution in [1.82, 2.24) is 5.32 Å². The second kappa shape index (κ2) is 7.40. The first-order valence-corrected chi connectivity index (χ1v) is 9.15. The van der Waals surface area contributed by atoms with Crippen LogP contribution in [0, 0.1) is 5.82 Å². The zero-order valence-electron chi connectivity index (χ0n) is 14.8. The number of hydrogen-bond acceptors (Lipinski definition) is 4. The lowest BCUT2D eigenvalue weighted by Gasteiger charge is -2.08. The Labute approximate surface area is 156 Å². The lowest BCUT2D eigenvalue weighted by atomic mass is 10.0. The van der Waals surface area contributed by atoms with Crippen molar-refractivity contribution in [2.75, 3.05) is 25.0 Å². The summed E-state index contributed by atoms with van der Waals surface area (Å²) in [6.07, 6.45) is 3.12. The topological polar surface area (TPSA) is 74.5 Å². The van der Waals surface area contributed by atoms with Crippen LogP contribution in [0.4, 0.5) is 10.1 Å². The molecule has 2 heterocycles. The third-order valence-electron chi connectivity index (χ3n) is 4.83. The van der Waals surface area contributed by atoms with Gasteiger partial charge >= 0.3 is 0 Å². The Bertz CT molecular complexity index is 979. The molecule has 1 aliphatic rings. The molecule has 0 atom stereocenters. The molecule has 1 amide bonds. The largest absolute Gasteiger partial charge is 0.455 e. The molecule has 27 heavy (non-hydrogen) atoms. The van der Waals surface area contributed by atoms with Crippen LogP contribution in [0.25, 0.3) is 22.3 Å². The van der Waals surface area contributed by atoms with Crippen molar-refractivity contribution in [3.8, 4) is 11.3 Å². The Kier molecular flexibility index (Phi) is 4.81. The van der Waals surface area contributed by atoms with Crippen LogP contribution in [0.3, 0.4) is 0 Å². The smallest absolute Gasteiger partial charge is 0.255 e. The van der Waals surface area contributed by atoms with Crippen molar-refractivity contribution in [2.24, 2.45) is 0 Å². The van der Waals surface area contributed by atoms with E-state index in [1.807, 2.05) is 12.1 Å². The molecule has 3 aromatic rings. The van der Waals surface area contributed by atoms with Crippen LogP contribution in [-0.4, -0.2) is 30.7 Å². The molecule has 0 saturated heterocycles. The van der Waals surface area contributed by atoms with Crippen LogP contribution in [-0.2, 0) is 6.42 Å². The van der Waals surface area contributed by atoms with Crippen LogP contribution < -0.4 is 10.6 Å². The predicted molar refractivity (Wildman–Crippen MR) is 102 cm³/mol. The molecule has 0 fully saturated rings. The average Bonchev–Trinajstić information content (AvgIpc) is 2.88. The maximum atomic E-state index is 13.3. The molecule has 0 spiro atoms. The highest BCUT2D eigenvalue weighted by Crippen LogP contribution is 2.37. The van der Waals surface area contributed by atoms with Gasteiger partial charge in [0.05, 0.1) is 12.2 Å². The minimum absolute atomic E-state index is 0.146. The molecule has 2 aromatic carbocycles. The second-order valence-corrected chi connectivity index (χ2v) is 6.68. The number of fused-ring (bicyclic) bond motifs is 2. The molecule has 1 aliphatic heterocycles. The van der Waals surface area contributed by atoms with Crippen molar-refractivity contribution in [2.45, 2.75) is 19.3 Å². The molecule has 140 valence electrons. The molecule has 0 aliphatic carbocycles. The van der Waals surface area contributed by atoms with Crippen molar-refractivity contribution in [3.63, 3.8) is 0 Å². The highest BCUT2D eigenvalue weighted by molar-refractivity contribution is 6.11. The Balaban J connectivity index is 1.90. The molecule has 4 rings (SSSR count). The second-order valence-electron chi connectivity index (χ2n) is 6.68. The SMILES string of the molecule is O=C(NCCO)c1c(-c2ccc(F)cc2)oc2cc3c(cc12)CCCCN3. The number of amides is 1. The van der Waals surface area contributed by atoms with E-state index in [1.165, 1.54) is 12.1 Å². The number of anilines is 1. The van der Waals surface area contributed by atoms with Gasteiger partial charge in [0.2, 0.25) is 0 Å². The third kappa shape index (κ3) is 3.40. The number of carbonyl (C=O) groups excluding carboxylic acids is 1. The van der Waals surface area contributed by atoms with E-state index in [9.17, 15) is 9.18 Å². The highest BCUT2D eigenvalue weighted by Gasteiger charge is 2.23. The number of nitrogens with one attached hydrogen (secondary N) is 2. The summed E-state index contributed by atoms with van der Waals surface area (Å²) in [7, 11) is 0. The minimum atomic E-state index is -0.350. The van der Waals surface area contributed by atoms with Crippen LogP contribution in [0.5, 0.6) is 0 Å². The number of rotatable bonds is 4. The van der Waals surface area contributed by atoms with Crippen LogP contribution >= 0.6 is 0 Å². The number of aryl methyl sites for hydroxylation is 1. The van der Waals surface area contributed by atoms with Gasteiger partial charge in [0.25, 0.3) is 5.91 Å². The predicted octanol–water partition coefficient (Wildman–Crippen LogP) is 3.71. The fourth-order valence-electron chi connectivity index (χ4n) is 3.51. The van der Waals surface area contributed by atoms with Gasteiger partial charge in [-0.25, -0.2) is 4.39 Å². The molecule has 0 radical (unpaired) electrons. The Hall–Kier alpha value is -2.86. The van der Waals surface area contributed by atoms with Crippen LogP contribution in [0.2, 0.25) is 0 Å². The van der Waals surface area contributed by atoms with Crippen molar-refractivity contribution in [3.05, 3.63) is 53.3 Å². The van der Waals surface area contributed by atoms with E-state index >= 15 is 0 Å². The third-order valence-corrected chi connectivity index (χ3v) is 4.83. The standard InChI is InChI=1S/C21H21FN2O3/c22-15-6-4-13(5-7-15)20-19(21(26)24-9-10-25)16-11-14-3-1-2-8-23-17(14)12-18(16)27-20/h4-7,11-12,23,25H,1-3,8-10H2,(H,24,26). The van der Waals surface area contributed by atoms with Gasteiger partial charge in [-0.3, -0.25) is 4.79 Å². The normalized spacial score (nSPS) is 13.7. The minimum Gasteiger partial charge on any atom is -0.455 e. The van der Waals surface area contributed by atoms with Crippen LogP contribution in [0.1, 0.15) is 28.8 Å². The number of hydrogen-bond donors (Lipinski definition) is 3. The molecular weight excluding hydrogens is 347 g/mol. The average molecular weight is 368 g/mol. The molecule has 0 unspecified atom stereocenters. The quantitative estimate of drug-likeness (QED) is 0.656. The number of aliphatic hydroxyl groups is 1. The van der Waals surface area contributed by atoms with E-state index < -0.39 is 0 Å². The summed E-state index contributed by atoms with van der Waals surface area (Å²) >= 11 is 0. The lowest BCUT2D eigenvalue weighted by Crippen LogP contribution is -2.26. The summed E-state index contributed by atoms with van der Waals surface area (Å²) in [5, 5.41) is 15.9. The van der Waals surface area contributed by atoms with Crippen molar-refractivity contribution < 1.29 is 18.7 Å². The van der Waals surface area contributed by atoms with Crippen molar-refractivity contribution >= 4 is 22.6 Å². The number of carbonyl (C=O) groups is 1. The van der Waals surface area contributed by atoms with E-state index in [1.54, 1.807) is 12.1 Å². The summed E-state index contributed by atoms with van der Waals surface area (Å²) in [5.41, 5.74) is 3.84. The van der Waals surface area contributed by atoms with E-state index in [4.69, 9.17) is 9.52 Å². The number of benzene rings is 2. The van der Waals surface area contributed by atoms with Gasteiger partial charge in [-0.2, -0.15) is 0 Å². The molecule has 6 heteroatoms. The Morgan fingerprint density at radius 2 is 2.04 bits per heavy atom.